The van der Waals surface area contributed by atoms with E-state index in [-0.39, 0.29) is 17.4 Å². The molecule has 4 rings (SSSR count). The molecule has 0 bridgehead atoms. The van der Waals surface area contributed by atoms with Gasteiger partial charge in [0.15, 0.2) is 5.82 Å². The van der Waals surface area contributed by atoms with E-state index in [1.165, 1.54) is 18.5 Å². The maximum Gasteiger partial charge on any atom is 0.251 e. The van der Waals surface area contributed by atoms with E-state index >= 15 is 0 Å². The third-order valence-electron chi connectivity index (χ3n) is 4.63. The lowest BCUT2D eigenvalue weighted by Crippen LogP contribution is -2.38. The van der Waals surface area contributed by atoms with E-state index in [9.17, 15) is 9.18 Å². The highest BCUT2D eigenvalue weighted by molar-refractivity contribution is 6.06. The van der Waals surface area contributed by atoms with Crippen LogP contribution in [0, 0.1) is 5.82 Å². The van der Waals surface area contributed by atoms with Crippen LogP contribution in [-0.2, 0) is 0 Å². The summed E-state index contributed by atoms with van der Waals surface area (Å²) in [5.41, 5.74) is 7.88. The van der Waals surface area contributed by atoms with Crippen molar-refractivity contribution in [3.63, 3.8) is 0 Å². The zero-order valence-electron chi connectivity index (χ0n) is 14.6. The van der Waals surface area contributed by atoms with Crippen molar-refractivity contribution in [2.45, 2.75) is 18.9 Å². The predicted octanol–water partition coefficient (Wildman–Crippen LogP) is 2.09. The number of hydrogen-bond acceptors (Lipinski definition) is 6. The summed E-state index contributed by atoms with van der Waals surface area (Å²) < 4.78 is 13.3. The Kier molecular flexibility index (Phi) is 4.64. The molecule has 0 spiro atoms. The van der Waals surface area contributed by atoms with Gasteiger partial charge in [0.25, 0.3) is 5.91 Å². The SMILES string of the molecule is NC(=O)c1cc(-c2ccc(F)cc2)nc2c(N[C@H]3CCCNC3)ncnc12. The fourth-order valence-corrected chi connectivity index (χ4v) is 3.27. The van der Waals surface area contributed by atoms with Crippen molar-refractivity contribution in [3.05, 3.63) is 48.0 Å². The number of amides is 1. The van der Waals surface area contributed by atoms with Gasteiger partial charge in [-0.2, -0.15) is 0 Å². The van der Waals surface area contributed by atoms with Gasteiger partial charge in [-0.1, -0.05) is 0 Å². The van der Waals surface area contributed by atoms with Crippen molar-refractivity contribution in [1.82, 2.24) is 20.3 Å². The van der Waals surface area contributed by atoms with E-state index in [1.807, 2.05) is 0 Å². The number of anilines is 1. The summed E-state index contributed by atoms with van der Waals surface area (Å²) in [5, 5.41) is 6.73. The minimum absolute atomic E-state index is 0.213. The first-order valence-electron chi connectivity index (χ1n) is 8.80. The number of nitrogens with zero attached hydrogens (tertiary/aromatic N) is 3. The van der Waals surface area contributed by atoms with Crippen LogP contribution < -0.4 is 16.4 Å². The molecule has 1 saturated heterocycles. The molecule has 3 heterocycles. The average Bonchev–Trinajstić information content (AvgIpc) is 2.69. The first-order chi connectivity index (χ1) is 13.1. The smallest absolute Gasteiger partial charge is 0.251 e. The minimum Gasteiger partial charge on any atom is -0.366 e. The van der Waals surface area contributed by atoms with Gasteiger partial charge in [-0.05, 0) is 49.7 Å². The molecule has 1 atom stereocenters. The molecule has 138 valence electrons. The fourth-order valence-electron chi connectivity index (χ4n) is 3.27. The maximum atomic E-state index is 13.3. The maximum absolute atomic E-state index is 13.3. The molecule has 1 aromatic carbocycles. The number of benzene rings is 1. The summed E-state index contributed by atoms with van der Waals surface area (Å²) in [7, 11) is 0. The molecular weight excluding hydrogens is 347 g/mol. The zero-order valence-corrected chi connectivity index (χ0v) is 14.6. The average molecular weight is 366 g/mol. The lowest BCUT2D eigenvalue weighted by molar-refractivity contribution is 0.100. The number of nitrogens with two attached hydrogens (primary N) is 1. The van der Waals surface area contributed by atoms with Crippen molar-refractivity contribution in [3.8, 4) is 11.3 Å². The Balaban J connectivity index is 1.84. The Hall–Kier alpha value is -3.13. The molecule has 1 aliphatic rings. The summed E-state index contributed by atoms with van der Waals surface area (Å²) in [5.74, 6) is -0.389. The van der Waals surface area contributed by atoms with Gasteiger partial charge in [0.05, 0.1) is 11.3 Å². The third kappa shape index (κ3) is 3.56. The second kappa shape index (κ2) is 7.24. The molecule has 0 aliphatic carbocycles. The normalized spacial score (nSPS) is 17.0. The molecule has 0 saturated carbocycles. The quantitative estimate of drug-likeness (QED) is 0.653. The summed E-state index contributed by atoms with van der Waals surface area (Å²) in [6, 6.07) is 7.70. The van der Waals surface area contributed by atoms with Crippen molar-refractivity contribution >= 4 is 22.8 Å². The highest BCUT2D eigenvalue weighted by Gasteiger charge is 2.19. The second-order valence-electron chi connectivity index (χ2n) is 6.53. The molecule has 0 unspecified atom stereocenters. The van der Waals surface area contributed by atoms with E-state index in [1.54, 1.807) is 18.2 Å². The molecule has 0 radical (unpaired) electrons. The largest absolute Gasteiger partial charge is 0.366 e. The first-order valence-corrected chi connectivity index (χ1v) is 8.80. The van der Waals surface area contributed by atoms with Gasteiger partial charge < -0.3 is 16.4 Å². The number of aromatic nitrogens is 3. The minimum atomic E-state index is -0.602. The number of pyridine rings is 1. The number of piperidine rings is 1. The van der Waals surface area contributed by atoms with Crippen LogP contribution in [0.4, 0.5) is 10.2 Å². The lowest BCUT2D eigenvalue weighted by Gasteiger charge is -2.24. The first kappa shape index (κ1) is 17.3. The topological polar surface area (TPSA) is 106 Å². The third-order valence-corrected chi connectivity index (χ3v) is 4.63. The molecular formula is C19H19FN6O. The summed E-state index contributed by atoms with van der Waals surface area (Å²) >= 11 is 0. The summed E-state index contributed by atoms with van der Waals surface area (Å²) in [4.78, 5) is 25.2. The molecule has 27 heavy (non-hydrogen) atoms. The Morgan fingerprint density at radius 3 is 2.74 bits per heavy atom. The predicted molar refractivity (Wildman–Crippen MR) is 101 cm³/mol. The Morgan fingerprint density at radius 2 is 2.04 bits per heavy atom. The van der Waals surface area contributed by atoms with Crippen LogP contribution in [-0.4, -0.2) is 40.0 Å². The number of halogens is 1. The van der Waals surface area contributed by atoms with Gasteiger partial charge in [0.2, 0.25) is 0 Å². The van der Waals surface area contributed by atoms with E-state index < -0.39 is 5.91 Å². The highest BCUT2D eigenvalue weighted by atomic mass is 19.1. The van der Waals surface area contributed by atoms with Gasteiger partial charge in [0, 0.05) is 18.2 Å². The van der Waals surface area contributed by atoms with E-state index in [0.717, 1.165) is 25.9 Å². The number of primary amides is 1. The van der Waals surface area contributed by atoms with Crippen molar-refractivity contribution in [2.75, 3.05) is 18.4 Å². The van der Waals surface area contributed by atoms with Crippen molar-refractivity contribution < 1.29 is 9.18 Å². The molecule has 1 aliphatic heterocycles. The van der Waals surface area contributed by atoms with Crippen molar-refractivity contribution in [1.29, 1.82) is 0 Å². The Labute approximate surface area is 155 Å². The van der Waals surface area contributed by atoms with Gasteiger partial charge in [0.1, 0.15) is 23.2 Å². The lowest BCUT2D eigenvalue weighted by atomic mass is 10.1. The van der Waals surface area contributed by atoms with Crippen LogP contribution in [0.1, 0.15) is 23.2 Å². The van der Waals surface area contributed by atoms with Crippen LogP contribution in [0.2, 0.25) is 0 Å². The van der Waals surface area contributed by atoms with Crippen molar-refractivity contribution in [2.24, 2.45) is 5.73 Å². The van der Waals surface area contributed by atoms with Crippen LogP contribution in [0.5, 0.6) is 0 Å². The molecule has 7 nitrogen and oxygen atoms in total. The highest BCUT2D eigenvalue weighted by Crippen LogP contribution is 2.27. The molecule has 1 fully saturated rings. The van der Waals surface area contributed by atoms with Gasteiger partial charge in [-0.25, -0.2) is 19.3 Å². The number of rotatable bonds is 4. The Morgan fingerprint density at radius 1 is 1.22 bits per heavy atom. The summed E-state index contributed by atoms with van der Waals surface area (Å²) in [6.45, 7) is 1.83. The van der Waals surface area contributed by atoms with Crippen LogP contribution in [0.25, 0.3) is 22.3 Å². The monoisotopic (exact) mass is 366 g/mol. The second-order valence-corrected chi connectivity index (χ2v) is 6.53. The van der Waals surface area contributed by atoms with Gasteiger partial charge in [-0.15, -0.1) is 0 Å². The molecule has 8 heteroatoms. The van der Waals surface area contributed by atoms with Crippen LogP contribution in [0.3, 0.4) is 0 Å². The van der Waals surface area contributed by atoms with E-state index in [0.29, 0.717) is 28.1 Å². The standard InChI is InChI=1S/C19H19FN6O/c20-12-5-3-11(4-6-12)15-8-14(18(21)27)16-17(26-15)19(24-10-23-16)25-13-2-1-7-22-9-13/h3-6,8,10,13,22H,1-2,7,9H2,(H2,21,27)(H,23,24,25)/t13-/m0/s1. The van der Waals surface area contributed by atoms with Crippen LogP contribution in [0.15, 0.2) is 36.7 Å². The fraction of sp³-hybridized carbons (Fsp3) is 0.263. The van der Waals surface area contributed by atoms with Gasteiger partial charge in [-0.3, -0.25) is 4.79 Å². The van der Waals surface area contributed by atoms with Crippen LogP contribution >= 0.6 is 0 Å². The number of nitrogens with one attached hydrogen (secondary N) is 2. The summed E-state index contributed by atoms with van der Waals surface area (Å²) in [6.07, 6.45) is 3.48. The van der Waals surface area contributed by atoms with E-state index in [2.05, 4.69) is 25.6 Å². The Bertz CT molecular complexity index is 985. The molecule has 4 N–H and O–H groups in total. The molecule has 2 aromatic heterocycles. The molecule has 1 amide bonds. The molecule has 3 aromatic rings. The number of fused-ring (bicyclic) bond motifs is 1. The number of carbonyl (C=O) groups is 1. The number of carbonyl (C=O) groups excluding carboxylic acids is 1. The van der Waals surface area contributed by atoms with Gasteiger partial charge >= 0.3 is 0 Å². The van der Waals surface area contributed by atoms with E-state index in [4.69, 9.17) is 5.73 Å². The zero-order chi connectivity index (χ0) is 18.8. The number of hydrogen-bond donors (Lipinski definition) is 3.